The SMILES string of the molecule is Cc1cc(C(=O)C2=C(O)C(=O)N(CCCN3CCOCC3CC(C)C)C2c2ccncc2)ccc1OCc1ccc(CC(C)C)cc1. The lowest BCUT2D eigenvalue weighted by Gasteiger charge is -2.37. The van der Waals surface area contributed by atoms with Crippen LogP contribution in [0.4, 0.5) is 0 Å². The molecule has 0 saturated carbocycles. The van der Waals surface area contributed by atoms with E-state index in [0.717, 1.165) is 49.2 Å². The molecule has 2 atom stereocenters. The number of ether oxygens (including phenoxy) is 2. The highest BCUT2D eigenvalue weighted by Gasteiger charge is 2.43. The summed E-state index contributed by atoms with van der Waals surface area (Å²) < 4.78 is 11.9. The van der Waals surface area contributed by atoms with Crippen LogP contribution in [0.25, 0.3) is 0 Å². The van der Waals surface area contributed by atoms with Crippen LogP contribution in [0.1, 0.15) is 79.2 Å². The molecule has 0 spiro atoms. The van der Waals surface area contributed by atoms with E-state index in [-0.39, 0.29) is 11.4 Å². The van der Waals surface area contributed by atoms with Gasteiger partial charge in [0, 0.05) is 43.6 Å². The molecule has 2 unspecified atom stereocenters. The topological polar surface area (TPSA) is 92.2 Å². The molecule has 8 heteroatoms. The minimum absolute atomic E-state index is 0.0970. The Bertz CT molecular complexity index is 1550. The maximum Gasteiger partial charge on any atom is 0.290 e. The zero-order valence-electron chi connectivity index (χ0n) is 28.4. The number of carbonyl (C=O) groups is 2. The van der Waals surface area contributed by atoms with Crippen molar-refractivity contribution in [3.05, 3.63) is 106 Å². The quantitative estimate of drug-likeness (QED) is 0.192. The van der Waals surface area contributed by atoms with Gasteiger partial charge in [-0.05, 0) is 90.6 Å². The summed E-state index contributed by atoms with van der Waals surface area (Å²) in [6.45, 7) is 14.7. The number of Topliss-reactive ketones (excluding diaryl/α,β-unsaturated/α-hetero) is 1. The Hall–Kier alpha value is -4.01. The van der Waals surface area contributed by atoms with Gasteiger partial charge in [-0.3, -0.25) is 19.5 Å². The summed E-state index contributed by atoms with van der Waals surface area (Å²) in [5.41, 5.74) is 4.41. The Morgan fingerprint density at radius 1 is 1.00 bits per heavy atom. The second kappa shape index (κ2) is 15.7. The molecule has 1 aromatic heterocycles. The van der Waals surface area contributed by atoms with Crippen LogP contribution in [0.2, 0.25) is 0 Å². The van der Waals surface area contributed by atoms with Crippen LogP contribution < -0.4 is 4.74 Å². The van der Waals surface area contributed by atoms with Crippen LogP contribution >= 0.6 is 0 Å². The molecule has 0 bridgehead atoms. The van der Waals surface area contributed by atoms with E-state index in [4.69, 9.17) is 9.47 Å². The average Bonchev–Trinajstić information content (AvgIpc) is 3.30. The summed E-state index contributed by atoms with van der Waals surface area (Å²) in [5.74, 6) is 0.463. The van der Waals surface area contributed by atoms with Crippen molar-refractivity contribution in [3.8, 4) is 5.75 Å². The second-order valence-corrected chi connectivity index (χ2v) is 13.7. The number of aryl methyl sites for hydroxylation is 1. The molecular formula is C39H49N3O5. The number of morpholine rings is 1. The molecule has 3 aromatic rings. The number of benzene rings is 2. The molecule has 1 saturated heterocycles. The van der Waals surface area contributed by atoms with Gasteiger partial charge in [0.05, 0.1) is 24.8 Å². The van der Waals surface area contributed by atoms with Crippen molar-refractivity contribution in [1.29, 1.82) is 0 Å². The maximum absolute atomic E-state index is 14.1. The molecule has 1 fully saturated rings. The first kappa shape index (κ1) is 34.3. The van der Waals surface area contributed by atoms with Crippen molar-refractivity contribution in [1.82, 2.24) is 14.8 Å². The Labute approximate surface area is 279 Å². The average molecular weight is 640 g/mol. The van der Waals surface area contributed by atoms with Crippen LogP contribution in [0.5, 0.6) is 5.75 Å². The molecule has 0 aliphatic carbocycles. The van der Waals surface area contributed by atoms with Crippen molar-refractivity contribution < 1.29 is 24.2 Å². The van der Waals surface area contributed by atoms with E-state index < -0.39 is 17.7 Å². The Balaban J connectivity index is 1.30. The fourth-order valence-corrected chi connectivity index (χ4v) is 6.71. The number of pyridine rings is 1. The van der Waals surface area contributed by atoms with Crippen molar-refractivity contribution in [2.45, 2.75) is 72.6 Å². The lowest BCUT2D eigenvalue weighted by molar-refractivity contribution is -0.129. The molecule has 1 amide bonds. The van der Waals surface area contributed by atoms with Crippen LogP contribution in [-0.2, 0) is 22.6 Å². The van der Waals surface area contributed by atoms with E-state index in [0.29, 0.717) is 55.4 Å². The summed E-state index contributed by atoms with van der Waals surface area (Å²) in [6, 6.07) is 17.0. The van der Waals surface area contributed by atoms with Crippen molar-refractivity contribution in [2.75, 3.05) is 32.8 Å². The maximum atomic E-state index is 14.1. The summed E-state index contributed by atoms with van der Waals surface area (Å²) in [4.78, 5) is 35.8. The first-order valence-corrected chi connectivity index (χ1v) is 16.9. The van der Waals surface area contributed by atoms with E-state index in [1.165, 1.54) is 5.56 Å². The van der Waals surface area contributed by atoms with Gasteiger partial charge in [0.1, 0.15) is 12.4 Å². The van der Waals surface area contributed by atoms with Crippen molar-refractivity contribution in [3.63, 3.8) is 0 Å². The van der Waals surface area contributed by atoms with Crippen LogP contribution in [-0.4, -0.2) is 70.5 Å². The van der Waals surface area contributed by atoms with Gasteiger partial charge >= 0.3 is 0 Å². The predicted octanol–water partition coefficient (Wildman–Crippen LogP) is 6.88. The van der Waals surface area contributed by atoms with Gasteiger partial charge in [-0.2, -0.15) is 0 Å². The van der Waals surface area contributed by atoms with E-state index >= 15 is 0 Å². The molecule has 2 aromatic carbocycles. The molecule has 5 rings (SSSR count). The fourth-order valence-electron chi connectivity index (χ4n) is 6.71. The number of aliphatic hydroxyl groups excluding tert-OH is 1. The second-order valence-electron chi connectivity index (χ2n) is 13.7. The number of carbonyl (C=O) groups excluding carboxylic acids is 2. The van der Waals surface area contributed by atoms with Gasteiger partial charge in [0.15, 0.2) is 11.5 Å². The number of hydrogen-bond acceptors (Lipinski definition) is 7. The third kappa shape index (κ3) is 8.48. The summed E-state index contributed by atoms with van der Waals surface area (Å²) in [5, 5.41) is 11.2. The number of aromatic nitrogens is 1. The van der Waals surface area contributed by atoms with Gasteiger partial charge < -0.3 is 19.5 Å². The highest BCUT2D eigenvalue weighted by molar-refractivity contribution is 6.16. The van der Waals surface area contributed by atoms with Gasteiger partial charge in [-0.1, -0.05) is 52.0 Å². The molecule has 2 aliphatic rings. The number of ketones is 1. The molecule has 250 valence electrons. The Morgan fingerprint density at radius 3 is 2.40 bits per heavy atom. The highest BCUT2D eigenvalue weighted by Crippen LogP contribution is 2.39. The lowest BCUT2D eigenvalue weighted by atomic mass is 9.92. The van der Waals surface area contributed by atoms with E-state index in [1.54, 1.807) is 47.6 Å². The van der Waals surface area contributed by atoms with Crippen molar-refractivity contribution >= 4 is 11.7 Å². The van der Waals surface area contributed by atoms with E-state index in [2.05, 4.69) is 61.8 Å². The first-order valence-electron chi connectivity index (χ1n) is 16.9. The molecule has 2 aliphatic heterocycles. The van der Waals surface area contributed by atoms with Crippen LogP contribution in [0.15, 0.2) is 78.3 Å². The minimum Gasteiger partial charge on any atom is -0.503 e. The van der Waals surface area contributed by atoms with Gasteiger partial charge in [0.25, 0.3) is 5.91 Å². The summed E-state index contributed by atoms with van der Waals surface area (Å²) >= 11 is 0. The van der Waals surface area contributed by atoms with E-state index in [1.807, 2.05) is 6.92 Å². The standard InChI is InChI=1S/C39H49N3O5/c1-26(2)21-29-7-9-30(10-8-29)24-47-34-12-11-32(23-28(34)5)37(43)35-36(31-13-15-40-16-14-31)42(39(45)38(35)44)18-6-17-41-19-20-46-25-33(41)22-27(3)4/h7-16,23,26-27,33,36,44H,6,17-22,24-25H2,1-5H3. The zero-order valence-corrected chi connectivity index (χ0v) is 28.4. The fraction of sp³-hybridized carbons (Fsp3) is 0.462. The van der Waals surface area contributed by atoms with Crippen LogP contribution in [0.3, 0.4) is 0 Å². The van der Waals surface area contributed by atoms with E-state index in [9.17, 15) is 14.7 Å². The molecule has 8 nitrogen and oxygen atoms in total. The molecule has 1 N–H and O–H groups in total. The highest BCUT2D eigenvalue weighted by atomic mass is 16.5. The van der Waals surface area contributed by atoms with Gasteiger partial charge in [0.2, 0.25) is 0 Å². The number of rotatable bonds is 14. The largest absolute Gasteiger partial charge is 0.503 e. The van der Waals surface area contributed by atoms with Crippen molar-refractivity contribution in [2.24, 2.45) is 11.8 Å². The minimum atomic E-state index is -0.705. The molecule has 3 heterocycles. The number of aliphatic hydroxyl groups is 1. The molecule has 47 heavy (non-hydrogen) atoms. The molecular weight excluding hydrogens is 590 g/mol. The van der Waals surface area contributed by atoms with Crippen LogP contribution in [0, 0.1) is 18.8 Å². The normalized spacial score (nSPS) is 18.9. The lowest BCUT2D eigenvalue weighted by Crippen LogP contribution is -2.47. The third-order valence-electron chi connectivity index (χ3n) is 9.01. The van der Waals surface area contributed by atoms with Gasteiger partial charge in [-0.25, -0.2) is 0 Å². The summed E-state index contributed by atoms with van der Waals surface area (Å²) in [6.07, 6.45) is 6.10. The number of amides is 1. The summed E-state index contributed by atoms with van der Waals surface area (Å²) in [7, 11) is 0. The predicted molar refractivity (Wildman–Crippen MR) is 183 cm³/mol. The zero-order chi connectivity index (χ0) is 33.5. The Kier molecular flexibility index (Phi) is 11.5. The Morgan fingerprint density at radius 2 is 1.72 bits per heavy atom. The molecule has 0 radical (unpaired) electrons. The van der Waals surface area contributed by atoms with Gasteiger partial charge in [-0.15, -0.1) is 0 Å². The number of nitrogens with zero attached hydrogens (tertiary/aromatic N) is 3. The first-order chi connectivity index (χ1) is 22.6. The monoisotopic (exact) mass is 639 g/mol. The third-order valence-corrected chi connectivity index (χ3v) is 9.01. The number of hydrogen-bond donors (Lipinski definition) is 1. The smallest absolute Gasteiger partial charge is 0.290 e.